The van der Waals surface area contributed by atoms with Crippen molar-refractivity contribution in [1.29, 1.82) is 0 Å². The lowest BCUT2D eigenvalue weighted by Gasteiger charge is -2.34. The summed E-state index contributed by atoms with van der Waals surface area (Å²) in [4.78, 5) is 19.2. The maximum atomic E-state index is 12.8. The van der Waals surface area contributed by atoms with Crippen LogP contribution in [-0.4, -0.2) is 60.4 Å². The highest BCUT2D eigenvalue weighted by Gasteiger charge is 2.25. The molecule has 2 aromatic rings. The second-order valence-electron chi connectivity index (χ2n) is 7.05. The first-order chi connectivity index (χ1) is 12.7. The topological polar surface area (TPSA) is 65.7 Å². The molecule has 0 saturated carbocycles. The van der Waals surface area contributed by atoms with Gasteiger partial charge in [-0.15, -0.1) is 0 Å². The number of rotatable bonds is 3. The molecule has 1 aromatic carbocycles. The van der Waals surface area contributed by atoms with E-state index in [2.05, 4.69) is 32.2 Å². The molecule has 0 N–H and O–H groups in total. The Morgan fingerprint density at radius 3 is 2.19 bits per heavy atom. The SMILES string of the molecule is Cc1nonc1N1CCN(C(=O)c2ccc(N3CCCCC3)cc2)CC1. The molecule has 1 aromatic heterocycles. The van der Waals surface area contributed by atoms with E-state index >= 15 is 0 Å². The highest BCUT2D eigenvalue weighted by atomic mass is 16.6. The molecule has 0 radical (unpaired) electrons. The van der Waals surface area contributed by atoms with E-state index in [0.29, 0.717) is 13.1 Å². The number of aryl methyl sites for hydroxylation is 1. The largest absolute Gasteiger partial charge is 0.372 e. The lowest BCUT2D eigenvalue weighted by atomic mass is 10.1. The fraction of sp³-hybridized carbons (Fsp3) is 0.526. The van der Waals surface area contributed by atoms with Crippen LogP contribution in [0.2, 0.25) is 0 Å². The Morgan fingerprint density at radius 2 is 1.58 bits per heavy atom. The summed E-state index contributed by atoms with van der Waals surface area (Å²) in [7, 11) is 0. The van der Waals surface area contributed by atoms with Gasteiger partial charge in [-0.25, -0.2) is 4.63 Å². The fourth-order valence-corrected chi connectivity index (χ4v) is 3.78. The number of hydrogen-bond acceptors (Lipinski definition) is 6. The number of carbonyl (C=O) groups is 1. The van der Waals surface area contributed by atoms with Crippen molar-refractivity contribution in [2.75, 3.05) is 49.1 Å². The van der Waals surface area contributed by atoms with Crippen molar-refractivity contribution in [2.45, 2.75) is 26.2 Å². The van der Waals surface area contributed by atoms with Gasteiger partial charge >= 0.3 is 0 Å². The van der Waals surface area contributed by atoms with Gasteiger partial charge in [-0.2, -0.15) is 0 Å². The van der Waals surface area contributed by atoms with E-state index in [4.69, 9.17) is 4.63 Å². The quantitative estimate of drug-likeness (QED) is 0.842. The third kappa shape index (κ3) is 3.38. The highest BCUT2D eigenvalue weighted by molar-refractivity contribution is 5.94. The molecule has 0 spiro atoms. The van der Waals surface area contributed by atoms with Crippen molar-refractivity contribution in [3.63, 3.8) is 0 Å². The van der Waals surface area contributed by atoms with Gasteiger partial charge in [0.25, 0.3) is 5.91 Å². The van der Waals surface area contributed by atoms with Gasteiger partial charge in [-0.05, 0) is 55.6 Å². The van der Waals surface area contributed by atoms with Crippen LogP contribution in [0.4, 0.5) is 11.5 Å². The molecular weight excluding hydrogens is 330 g/mol. The smallest absolute Gasteiger partial charge is 0.253 e. The zero-order chi connectivity index (χ0) is 17.9. The van der Waals surface area contributed by atoms with Crippen LogP contribution in [0.1, 0.15) is 35.3 Å². The standard InChI is InChI=1S/C19H25N5O2/c1-15-18(21-26-20-15)23-11-13-24(14-12-23)19(25)16-5-7-17(8-6-16)22-9-3-2-4-10-22/h5-8H,2-4,9-14H2,1H3. The van der Waals surface area contributed by atoms with Crippen LogP contribution in [0, 0.1) is 6.92 Å². The van der Waals surface area contributed by atoms with E-state index in [1.807, 2.05) is 24.0 Å². The first kappa shape index (κ1) is 16.9. The van der Waals surface area contributed by atoms with Crippen LogP contribution in [0.15, 0.2) is 28.9 Å². The number of carbonyl (C=O) groups excluding carboxylic acids is 1. The molecule has 2 fully saturated rings. The van der Waals surface area contributed by atoms with Crippen LogP contribution in [-0.2, 0) is 0 Å². The summed E-state index contributed by atoms with van der Waals surface area (Å²) in [6.45, 7) is 6.96. The molecule has 2 saturated heterocycles. The third-order valence-corrected chi connectivity index (χ3v) is 5.33. The minimum Gasteiger partial charge on any atom is -0.372 e. The predicted molar refractivity (Wildman–Crippen MR) is 99.7 cm³/mol. The molecule has 2 aliphatic heterocycles. The summed E-state index contributed by atoms with van der Waals surface area (Å²) < 4.78 is 4.78. The molecule has 7 heteroatoms. The van der Waals surface area contributed by atoms with E-state index in [1.54, 1.807) is 0 Å². The molecule has 3 heterocycles. The van der Waals surface area contributed by atoms with Crippen LogP contribution >= 0.6 is 0 Å². The second kappa shape index (κ2) is 7.35. The minimum atomic E-state index is 0.102. The number of piperidine rings is 1. The van der Waals surface area contributed by atoms with Gasteiger partial charge in [0, 0.05) is 50.5 Å². The zero-order valence-electron chi connectivity index (χ0n) is 15.2. The zero-order valence-corrected chi connectivity index (χ0v) is 15.2. The van der Waals surface area contributed by atoms with Crippen LogP contribution < -0.4 is 9.80 Å². The molecule has 4 rings (SSSR count). The van der Waals surface area contributed by atoms with Crippen molar-refractivity contribution >= 4 is 17.4 Å². The number of anilines is 2. The maximum absolute atomic E-state index is 12.8. The van der Waals surface area contributed by atoms with E-state index in [-0.39, 0.29) is 5.91 Å². The van der Waals surface area contributed by atoms with Gasteiger partial charge in [-0.3, -0.25) is 4.79 Å². The van der Waals surface area contributed by atoms with E-state index in [1.165, 1.54) is 24.9 Å². The maximum Gasteiger partial charge on any atom is 0.253 e. The predicted octanol–water partition coefficient (Wildman–Crippen LogP) is 2.33. The van der Waals surface area contributed by atoms with Crippen LogP contribution in [0.5, 0.6) is 0 Å². The first-order valence-corrected chi connectivity index (χ1v) is 9.41. The number of benzene rings is 1. The molecule has 1 amide bonds. The molecule has 138 valence electrons. The Balaban J connectivity index is 1.36. The van der Waals surface area contributed by atoms with Gasteiger partial charge < -0.3 is 14.7 Å². The number of aromatic nitrogens is 2. The third-order valence-electron chi connectivity index (χ3n) is 5.33. The average Bonchev–Trinajstić information content (AvgIpc) is 3.14. The van der Waals surface area contributed by atoms with Crippen LogP contribution in [0.25, 0.3) is 0 Å². The summed E-state index contributed by atoms with van der Waals surface area (Å²) in [5, 5.41) is 7.78. The van der Waals surface area contributed by atoms with Crippen molar-refractivity contribution in [3.05, 3.63) is 35.5 Å². The molecule has 2 aliphatic rings. The van der Waals surface area contributed by atoms with Crippen molar-refractivity contribution in [3.8, 4) is 0 Å². The van der Waals surface area contributed by atoms with E-state index in [0.717, 1.165) is 43.3 Å². The number of nitrogens with zero attached hydrogens (tertiary/aromatic N) is 5. The monoisotopic (exact) mass is 355 g/mol. The van der Waals surface area contributed by atoms with E-state index < -0.39 is 0 Å². The lowest BCUT2D eigenvalue weighted by Crippen LogP contribution is -2.49. The van der Waals surface area contributed by atoms with Gasteiger partial charge in [-0.1, -0.05) is 5.16 Å². The molecular formula is C19H25N5O2. The summed E-state index contributed by atoms with van der Waals surface area (Å²) >= 11 is 0. The summed E-state index contributed by atoms with van der Waals surface area (Å²) in [6.07, 6.45) is 3.83. The van der Waals surface area contributed by atoms with Gasteiger partial charge in [0.2, 0.25) is 0 Å². The number of amides is 1. The molecule has 26 heavy (non-hydrogen) atoms. The van der Waals surface area contributed by atoms with Gasteiger partial charge in [0.05, 0.1) is 0 Å². The van der Waals surface area contributed by atoms with Crippen molar-refractivity contribution in [1.82, 2.24) is 15.2 Å². The van der Waals surface area contributed by atoms with Crippen LogP contribution in [0.3, 0.4) is 0 Å². The fourth-order valence-electron chi connectivity index (χ4n) is 3.78. The lowest BCUT2D eigenvalue weighted by molar-refractivity contribution is 0.0746. The summed E-state index contributed by atoms with van der Waals surface area (Å²) in [6, 6.07) is 8.09. The van der Waals surface area contributed by atoms with Gasteiger partial charge in [0.1, 0.15) is 5.69 Å². The Hall–Kier alpha value is -2.57. The second-order valence-corrected chi connectivity index (χ2v) is 7.05. The molecule has 7 nitrogen and oxygen atoms in total. The average molecular weight is 355 g/mol. The van der Waals surface area contributed by atoms with E-state index in [9.17, 15) is 4.79 Å². The summed E-state index contributed by atoms with van der Waals surface area (Å²) in [5.74, 6) is 0.882. The first-order valence-electron chi connectivity index (χ1n) is 9.41. The normalized spacial score (nSPS) is 18.3. The number of hydrogen-bond donors (Lipinski definition) is 0. The molecule has 0 unspecified atom stereocenters. The molecule has 0 aliphatic carbocycles. The minimum absolute atomic E-state index is 0.102. The van der Waals surface area contributed by atoms with Gasteiger partial charge in [0.15, 0.2) is 5.82 Å². The Morgan fingerprint density at radius 1 is 0.885 bits per heavy atom. The van der Waals surface area contributed by atoms with Crippen molar-refractivity contribution < 1.29 is 9.42 Å². The Bertz CT molecular complexity index is 744. The van der Waals surface area contributed by atoms with Crippen molar-refractivity contribution in [2.24, 2.45) is 0 Å². The molecule has 0 bridgehead atoms. The Labute approximate surface area is 153 Å². The highest BCUT2D eigenvalue weighted by Crippen LogP contribution is 2.22. The molecule has 0 atom stereocenters. The Kier molecular flexibility index (Phi) is 4.77. The number of piperazine rings is 1. The summed E-state index contributed by atoms with van der Waals surface area (Å²) in [5.41, 5.74) is 2.77.